The van der Waals surface area contributed by atoms with Gasteiger partial charge in [-0.2, -0.15) is 0 Å². The van der Waals surface area contributed by atoms with E-state index in [1.165, 1.54) is 24.0 Å². The lowest BCUT2D eigenvalue weighted by Crippen LogP contribution is -2.48. The first-order valence-electron chi connectivity index (χ1n) is 11.0. The van der Waals surface area contributed by atoms with Crippen molar-refractivity contribution in [3.63, 3.8) is 0 Å². The molecule has 1 heterocycles. The van der Waals surface area contributed by atoms with Gasteiger partial charge in [-0.3, -0.25) is 9.10 Å². The normalized spacial score (nSPS) is 17.1. The van der Waals surface area contributed by atoms with Crippen molar-refractivity contribution >= 4 is 21.6 Å². The first-order valence-corrected chi connectivity index (χ1v) is 12.9. The summed E-state index contributed by atoms with van der Waals surface area (Å²) in [5.74, 6) is 0.666. The predicted octanol–water partition coefficient (Wildman–Crippen LogP) is 3.37. The third-order valence-corrected chi connectivity index (χ3v) is 7.34. The van der Waals surface area contributed by atoms with Crippen molar-refractivity contribution < 1.29 is 22.7 Å². The molecule has 1 aliphatic carbocycles. The van der Waals surface area contributed by atoms with Gasteiger partial charge in [-0.05, 0) is 68.4 Å². The summed E-state index contributed by atoms with van der Waals surface area (Å²) in [7, 11) is -3.73. The van der Waals surface area contributed by atoms with Gasteiger partial charge in [-0.25, -0.2) is 8.42 Å². The van der Waals surface area contributed by atoms with Crippen LogP contribution in [-0.2, 0) is 27.7 Å². The van der Waals surface area contributed by atoms with Crippen molar-refractivity contribution in [1.82, 2.24) is 5.32 Å². The molecule has 0 bridgehead atoms. The van der Waals surface area contributed by atoms with Crippen molar-refractivity contribution in [3.8, 4) is 11.5 Å². The van der Waals surface area contributed by atoms with E-state index in [1.807, 2.05) is 6.92 Å². The number of rotatable bonds is 6. The summed E-state index contributed by atoms with van der Waals surface area (Å²) in [6.07, 6.45) is 5.67. The Morgan fingerprint density at radius 1 is 0.969 bits per heavy atom. The highest BCUT2D eigenvalue weighted by Crippen LogP contribution is 2.35. The monoisotopic (exact) mass is 458 g/mol. The Morgan fingerprint density at radius 2 is 1.66 bits per heavy atom. The highest BCUT2D eigenvalue weighted by molar-refractivity contribution is 7.92. The smallest absolute Gasteiger partial charge is 0.244 e. The van der Waals surface area contributed by atoms with Crippen LogP contribution in [-0.4, -0.2) is 39.8 Å². The van der Waals surface area contributed by atoms with Gasteiger partial charge < -0.3 is 14.8 Å². The van der Waals surface area contributed by atoms with Crippen LogP contribution < -0.4 is 19.1 Å². The first kappa shape index (κ1) is 22.5. The molecule has 0 saturated heterocycles. The van der Waals surface area contributed by atoms with E-state index in [9.17, 15) is 13.2 Å². The SMILES string of the molecule is C[C@H](NC(=O)[C@@H](C)N(c1ccc2c(c1)OCCO2)S(C)(=O)=O)c1ccc2c(c1)CCCC2. The lowest BCUT2D eigenvalue weighted by Gasteiger charge is -2.30. The summed E-state index contributed by atoms with van der Waals surface area (Å²) in [5, 5.41) is 2.99. The van der Waals surface area contributed by atoms with Gasteiger partial charge in [0.2, 0.25) is 15.9 Å². The maximum atomic E-state index is 13.1. The van der Waals surface area contributed by atoms with Crippen molar-refractivity contribution in [2.24, 2.45) is 0 Å². The molecule has 2 aromatic carbocycles. The molecule has 1 N–H and O–H groups in total. The van der Waals surface area contributed by atoms with E-state index in [0.29, 0.717) is 30.4 Å². The average molecular weight is 459 g/mol. The summed E-state index contributed by atoms with van der Waals surface area (Å²) in [4.78, 5) is 13.1. The average Bonchev–Trinajstić information content (AvgIpc) is 2.77. The number of carbonyl (C=O) groups excluding carboxylic acids is 1. The van der Waals surface area contributed by atoms with Gasteiger partial charge >= 0.3 is 0 Å². The number of amides is 1. The zero-order valence-corrected chi connectivity index (χ0v) is 19.6. The molecule has 1 aliphatic heterocycles. The van der Waals surface area contributed by atoms with Crippen molar-refractivity contribution in [1.29, 1.82) is 0 Å². The van der Waals surface area contributed by atoms with E-state index in [2.05, 4.69) is 23.5 Å². The minimum absolute atomic E-state index is 0.237. The Bertz CT molecular complexity index is 1120. The molecule has 0 saturated carbocycles. The molecule has 0 unspecified atom stereocenters. The van der Waals surface area contributed by atoms with Gasteiger partial charge in [0.25, 0.3) is 0 Å². The number of sulfonamides is 1. The van der Waals surface area contributed by atoms with Crippen LogP contribution >= 0.6 is 0 Å². The summed E-state index contributed by atoms with van der Waals surface area (Å²) in [6, 6.07) is 10.1. The highest BCUT2D eigenvalue weighted by atomic mass is 32.2. The first-order chi connectivity index (χ1) is 15.2. The van der Waals surface area contributed by atoms with Gasteiger partial charge in [-0.1, -0.05) is 18.2 Å². The Balaban J connectivity index is 1.54. The Morgan fingerprint density at radius 3 is 2.38 bits per heavy atom. The summed E-state index contributed by atoms with van der Waals surface area (Å²) in [6.45, 7) is 4.35. The van der Waals surface area contributed by atoms with Gasteiger partial charge in [0.05, 0.1) is 18.0 Å². The molecule has 0 aromatic heterocycles. The number of aryl methyl sites for hydroxylation is 2. The molecule has 2 aliphatic rings. The zero-order chi connectivity index (χ0) is 22.9. The van der Waals surface area contributed by atoms with Crippen LogP contribution in [0.1, 0.15) is 49.4 Å². The van der Waals surface area contributed by atoms with Crippen molar-refractivity contribution in [3.05, 3.63) is 53.1 Å². The van der Waals surface area contributed by atoms with Crippen LogP contribution in [0.25, 0.3) is 0 Å². The van der Waals surface area contributed by atoms with E-state index in [0.717, 1.165) is 29.0 Å². The number of anilines is 1. The largest absolute Gasteiger partial charge is 0.486 e. The molecule has 8 heteroatoms. The third-order valence-electron chi connectivity index (χ3n) is 6.10. The molecule has 1 amide bonds. The summed E-state index contributed by atoms with van der Waals surface area (Å²) < 4.78 is 37.5. The van der Waals surface area contributed by atoms with Crippen LogP contribution in [0, 0.1) is 0 Å². The molecule has 0 radical (unpaired) electrons. The topological polar surface area (TPSA) is 84.9 Å². The highest BCUT2D eigenvalue weighted by Gasteiger charge is 2.31. The third kappa shape index (κ3) is 4.70. The Labute approximate surface area is 189 Å². The molecule has 172 valence electrons. The van der Waals surface area contributed by atoms with Crippen LogP contribution in [0.15, 0.2) is 36.4 Å². The van der Waals surface area contributed by atoms with E-state index in [1.54, 1.807) is 25.1 Å². The van der Waals surface area contributed by atoms with Gasteiger partial charge in [-0.15, -0.1) is 0 Å². The molecule has 2 aromatic rings. The molecule has 7 nitrogen and oxygen atoms in total. The number of hydrogen-bond donors (Lipinski definition) is 1. The predicted molar refractivity (Wildman–Crippen MR) is 124 cm³/mol. The van der Waals surface area contributed by atoms with Gasteiger partial charge in [0.1, 0.15) is 19.3 Å². The van der Waals surface area contributed by atoms with Crippen LogP contribution in [0.4, 0.5) is 5.69 Å². The number of nitrogens with one attached hydrogen (secondary N) is 1. The second-order valence-corrected chi connectivity index (χ2v) is 10.4. The number of carbonyl (C=O) groups is 1. The van der Waals surface area contributed by atoms with Crippen LogP contribution in [0.2, 0.25) is 0 Å². The number of benzene rings is 2. The standard InChI is InChI=1S/C24H30N2O5S/c1-16(19-9-8-18-6-4-5-7-20(18)14-19)25-24(27)17(2)26(32(3,28)29)21-10-11-22-23(15-21)31-13-12-30-22/h8-11,14-17H,4-7,12-13H2,1-3H3,(H,25,27)/t16-,17+/m0/s1. The van der Waals surface area contributed by atoms with E-state index >= 15 is 0 Å². The van der Waals surface area contributed by atoms with E-state index in [4.69, 9.17) is 9.47 Å². The summed E-state index contributed by atoms with van der Waals surface area (Å²) >= 11 is 0. The number of ether oxygens (including phenoxy) is 2. The lowest BCUT2D eigenvalue weighted by molar-refractivity contribution is -0.122. The summed E-state index contributed by atoms with van der Waals surface area (Å²) in [5.41, 5.74) is 4.11. The quantitative estimate of drug-likeness (QED) is 0.718. The van der Waals surface area contributed by atoms with Crippen molar-refractivity contribution in [2.45, 2.75) is 51.6 Å². The van der Waals surface area contributed by atoms with Gasteiger partial charge in [0.15, 0.2) is 11.5 Å². The molecule has 32 heavy (non-hydrogen) atoms. The second kappa shape index (κ2) is 9.02. The molecular weight excluding hydrogens is 428 g/mol. The van der Waals surface area contributed by atoms with Gasteiger partial charge in [0, 0.05) is 6.07 Å². The van der Waals surface area contributed by atoms with Crippen LogP contribution in [0.3, 0.4) is 0 Å². The number of hydrogen-bond acceptors (Lipinski definition) is 5. The van der Waals surface area contributed by atoms with Crippen LogP contribution in [0.5, 0.6) is 11.5 Å². The van der Waals surface area contributed by atoms with Crippen molar-refractivity contribution in [2.75, 3.05) is 23.8 Å². The molecular formula is C24H30N2O5S. The Kier molecular flexibility index (Phi) is 6.33. The Hall–Kier alpha value is -2.74. The number of fused-ring (bicyclic) bond motifs is 2. The zero-order valence-electron chi connectivity index (χ0n) is 18.8. The van der Waals surface area contributed by atoms with E-state index in [-0.39, 0.29) is 11.9 Å². The maximum Gasteiger partial charge on any atom is 0.244 e. The molecule has 0 spiro atoms. The molecule has 0 fully saturated rings. The second-order valence-electron chi connectivity index (χ2n) is 8.53. The maximum absolute atomic E-state index is 13.1. The fourth-order valence-corrected chi connectivity index (χ4v) is 5.58. The lowest BCUT2D eigenvalue weighted by atomic mass is 9.89. The minimum atomic E-state index is -3.73. The van der Waals surface area contributed by atoms with E-state index < -0.39 is 16.1 Å². The minimum Gasteiger partial charge on any atom is -0.486 e. The molecule has 4 rings (SSSR count). The molecule has 2 atom stereocenters. The fraction of sp³-hybridized carbons (Fsp3) is 0.458. The number of nitrogens with zero attached hydrogens (tertiary/aromatic N) is 1. The fourth-order valence-electron chi connectivity index (χ4n) is 4.42.